The van der Waals surface area contributed by atoms with Crippen molar-refractivity contribution in [3.63, 3.8) is 0 Å². The van der Waals surface area contributed by atoms with E-state index in [0.29, 0.717) is 10.0 Å². The van der Waals surface area contributed by atoms with Gasteiger partial charge in [0.2, 0.25) is 0 Å². The molecule has 0 amide bonds. The molecule has 0 spiro atoms. The van der Waals surface area contributed by atoms with Crippen molar-refractivity contribution in [1.82, 2.24) is 5.16 Å². The van der Waals surface area contributed by atoms with Gasteiger partial charge in [0.1, 0.15) is 5.76 Å². The van der Waals surface area contributed by atoms with E-state index in [-0.39, 0.29) is 0 Å². The fourth-order valence-electron chi connectivity index (χ4n) is 1.55. The van der Waals surface area contributed by atoms with Gasteiger partial charge < -0.3 is 4.52 Å². The molecule has 78 valence electrons. The molecule has 2 aromatic rings. The van der Waals surface area contributed by atoms with Gasteiger partial charge in [-0.2, -0.15) is 0 Å². The molecule has 0 aliphatic heterocycles. The third kappa shape index (κ3) is 1.87. The van der Waals surface area contributed by atoms with Crippen LogP contribution in [-0.4, -0.2) is 5.16 Å². The summed E-state index contributed by atoms with van der Waals surface area (Å²) in [5.74, 6) is 0.783. The SMILES string of the molecule is Cc1noc(C)c1-c1ccc(Cl)c(Cl)c1. The monoisotopic (exact) mass is 241 g/mol. The summed E-state index contributed by atoms with van der Waals surface area (Å²) < 4.78 is 5.09. The lowest BCUT2D eigenvalue weighted by atomic mass is 10.0. The Balaban J connectivity index is 2.59. The molecule has 15 heavy (non-hydrogen) atoms. The summed E-state index contributed by atoms with van der Waals surface area (Å²) in [6, 6.07) is 5.49. The molecule has 0 bridgehead atoms. The molecule has 0 atom stereocenters. The normalized spacial score (nSPS) is 10.7. The first-order chi connectivity index (χ1) is 7.09. The Morgan fingerprint density at radius 3 is 2.40 bits per heavy atom. The first-order valence-electron chi connectivity index (χ1n) is 4.48. The lowest BCUT2D eigenvalue weighted by molar-refractivity contribution is 0.393. The van der Waals surface area contributed by atoms with Gasteiger partial charge in [-0.3, -0.25) is 0 Å². The van der Waals surface area contributed by atoms with Gasteiger partial charge in [0.15, 0.2) is 0 Å². The van der Waals surface area contributed by atoms with E-state index in [2.05, 4.69) is 5.16 Å². The lowest BCUT2D eigenvalue weighted by Crippen LogP contribution is -1.82. The van der Waals surface area contributed by atoms with E-state index in [1.165, 1.54) is 0 Å². The van der Waals surface area contributed by atoms with Crippen LogP contribution < -0.4 is 0 Å². The predicted octanol–water partition coefficient (Wildman–Crippen LogP) is 4.27. The molecule has 4 heteroatoms. The summed E-state index contributed by atoms with van der Waals surface area (Å²) in [4.78, 5) is 0. The second-order valence-electron chi connectivity index (χ2n) is 3.33. The van der Waals surface area contributed by atoms with Gasteiger partial charge in [-0.05, 0) is 31.5 Å². The Hall–Kier alpha value is -0.990. The number of nitrogens with zero attached hydrogens (tertiary/aromatic N) is 1. The van der Waals surface area contributed by atoms with Gasteiger partial charge in [0.05, 0.1) is 15.7 Å². The molecule has 2 rings (SSSR count). The van der Waals surface area contributed by atoms with Gasteiger partial charge in [-0.15, -0.1) is 0 Å². The Morgan fingerprint density at radius 1 is 1.13 bits per heavy atom. The maximum absolute atomic E-state index is 5.95. The summed E-state index contributed by atoms with van der Waals surface area (Å²) in [5.41, 5.74) is 2.81. The molecule has 0 fully saturated rings. The number of hydrogen-bond acceptors (Lipinski definition) is 2. The Bertz CT molecular complexity index is 486. The van der Waals surface area contributed by atoms with Gasteiger partial charge >= 0.3 is 0 Å². The van der Waals surface area contributed by atoms with Crippen LogP contribution in [0.5, 0.6) is 0 Å². The van der Waals surface area contributed by atoms with Crippen LogP contribution in [0.25, 0.3) is 11.1 Å². The standard InChI is InChI=1S/C11H9Cl2NO/c1-6-11(7(2)15-14-6)8-3-4-9(12)10(13)5-8/h3-5H,1-2H3. The second kappa shape index (κ2) is 3.87. The number of aryl methyl sites for hydroxylation is 2. The third-order valence-corrected chi connectivity index (χ3v) is 2.98. The van der Waals surface area contributed by atoms with E-state index < -0.39 is 0 Å². The predicted molar refractivity (Wildman–Crippen MR) is 61.4 cm³/mol. The number of aromatic nitrogens is 1. The second-order valence-corrected chi connectivity index (χ2v) is 4.14. The van der Waals surface area contributed by atoms with Crippen LogP contribution in [0.4, 0.5) is 0 Å². The third-order valence-electron chi connectivity index (χ3n) is 2.24. The topological polar surface area (TPSA) is 26.0 Å². The van der Waals surface area contributed by atoms with E-state index in [1.54, 1.807) is 6.07 Å². The average molecular weight is 242 g/mol. The summed E-state index contributed by atoms with van der Waals surface area (Å²) in [5, 5.41) is 4.98. The molecule has 2 nitrogen and oxygen atoms in total. The first-order valence-corrected chi connectivity index (χ1v) is 5.23. The molecule has 0 unspecified atom stereocenters. The first kappa shape index (κ1) is 10.5. The van der Waals surface area contributed by atoms with E-state index >= 15 is 0 Å². The molecule has 0 saturated carbocycles. The van der Waals surface area contributed by atoms with E-state index in [0.717, 1.165) is 22.6 Å². The maximum atomic E-state index is 5.95. The molecule has 0 radical (unpaired) electrons. The number of hydrogen-bond donors (Lipinski definition) is 0. The minimum absolute atomic E-state index is 0.536. The summed E-state index contributed by atoms with van der Waals surface area (Å²) in [6.45, 7) is 3.77. The molecular weight excluding hydrogens is 233 g/mol. The van der Waals surface area contributed by atoms with Crippen LogP contribution in [0.2, 0.25) is 10.0 Å². The minimum atomic E-state index is 0.536. The molecule has 0 saturated heterocycles. The molecule has 1 aromatic heterocycles. The van der Waals surface area contributed by atoms with Crippen LogP contribution in [-0.2, 0) is 0 Å². The summed E-state index contributed by atoms with van der Waals surface area (Å²) >= 11 is 11.8. The van der Waals surface area contributed by atoms with Crippen molar-refractivity contribution in [2.24, 2.45) is 0 Å². The Morgan fingerprint density at radius 2 is 1.87 bits per heavy atom. The van der Waals surface area contributed by atoms with Crippen LogP contribution in [0.3, 0.4) is 0 Å². The van der Waals surface area contributed by atoms with Gasteiger partial charge in [-0.25, -0.2) is 0 Å². The minimum Gasteiger partial charge on any atom is -0.361 e. The van der Waals surface area contributed by atoms with Gasteiger partial charge in [0, 0.05) is 5.56 Å². The highest BCUT2D eigenvalue weighted by molar-refractivity contribution is 6.42. The van der Waals surface area contributed by atoms with E-state index in [1.807, 2.05) is 26.0 Å². The van der Waals surface area contributed by atoms with Crippen molar-refractivity contribution in [1.29, 1.82) is 0 Å². The zero-order chi connectivity index (χ0) is 11.0. The average Bonchev–Trinajstić information content (AvgIpc) is 2.52. The Labute approximate surface area is 97.8 Å². The smallest absolute Gasteiger partial charge is 0.141 e. The van der Waals surface area contributed by atoms with E-state index in [9.17, 15) is 0 Å². The van der Waals surface area contributed by atoms with Crippen molar-refractivity contribution in [3.05, 3.63) is 39.7 Å². The quantitative estimate of drug-likeness (QED) is 0.746. The highest BCUT2D eigenvalue weighted by atomic mass is 35.5. The van der Waals surface area contributed by atoms with Gasteiger partial charge in [-0.1, -0.05) is 34.4 Å². The lowest BCUT2D eigenvalue weighted by Gasteiger charge is -2.02. The van der Waals surface area contributed by atoms with Crippen LogP contribution in [0, 0.1) is 13.8 Å². The molecule has 1 aromatic carbocycles. The van der Waals surface area contributed by atoms with Crippen molar-refractivity contribution in [2.45, 2.75) is 13.8 Å². The van der Waals surface area contributed by atoms with Crippen molar-refractivity contribution >= 4 is 23.2 Å². The molecular formula is C11H9Cl2NO. The fourth-order valence-corrected chi connectivity index (χ4v) is 1.84. The summed E-state index contributed by atoms with van der Waals surface area (Å²) in [6.07, 6.45) is 0. The molecule has 0 aliphatic rings. The highest BCUT2D eigenvalue weighted by Crippen LogP contribution is 2.31. The van der Waals surface area contributed by atoms with Crippen molar-refractivity contribution in [3.8, 4) is 11.1 Å². The van der Waals surface area contributed by atoms with Crippen LogP contribution in [0.15, 0.2) is 22.7 Å². The van der Waals surface area contributed by atoms with Crippen molar-refractivity contribution in [2.75, 3.05) is 0 Å². The number of rotatable bonds is 1. The zero-order valence-electron chi connectivity index (χ0n) is 8.34. The molecule has 0 aliphatic carbocycles. The Kier molecular flexibility index (Phi) is 2.72. The molecule has 1 heterocycles. The highest BCUT2D eigenvalue weighted by Gasteiger charge is 2.12. The maximum Gasteiger partial charge on any atom is 0.141 e. The van der Waals surface area contributed by atoms with Gasteiger partial charge in [0.25, 0.3) is 0 Å². The number of benzene rings is 1. The zero-order valence-corrected chi connectivity index (χ0v) is 9.86. The van der Waals surface area contributed by atoms with Crippen LogP contribution >= 0.6 is 23.2 Å². The number of halogens is 2. The fraction of sp³-hybridized carbons (Fsp3) is 0.182. The summed E-state index contributed by atoms with van der Waals surface area (Å²) in [7, 11) is 0. The van der Waals surface area contributed by atoms with E-state index in [4.69, 9.17) is 27.7 Å². The van der Waals surface area contributed by atoms with Crippen molar-refractivity contribution < 1.29 is 4.52 Å². The van der Waals surface area contributed by atoms with Crippen LogP contribution in [0.1, 0.15) is 11.5 Å². The largest absolute Gasteiger partial charge is 0.361 e. The molecule has 0 N–H and O–H groups in total.